The number of carbonyl (C=O) groups excluding carboxylic acids is 1. The normalized spacial score (nSPS) is 11.6. The fourth-order valence-corrected chi connectivity index (χ4v) is 5.00. The van der Waals surface area contributed by atoms with Gasteiger partial charge in [0, 0.05) is 10.4 Å². The molecule has 0 N–H and O–H groups in total. The minimum Gasteiger partial charge on any atom is -0.267 e. The molecule has 0 aliphatic heterocycles. The van der Waals surface area contributed by atoms with Crippen LogP contribution in [0.2, 0.25) is 0 Å². The lowest BCUT2D eigenvalue weighted by molar-refractivity contribution is 0.0988. The first-order valence-corrected chi connectivity index (χ1v) is 11.1. The Bertz CT molecular complexity index is 1360. The first kappa shape index (κ1) is 18.0. The minimum atomic E-state index is -0.344. The number of halogens is 1. The van der Waals surface area contributed by atoms with E-state index in [1.54, 1.807) is 29.9 Å². The van der Waals surface area contributed by atoms with Crippen molar-refractivity contribution >= 4 is 71.7 Å². The third-order valence-electron chi connectivity index (χ3n) is 4.13. The number of amides is 1. The third-order valence-corrected chi connectivity index (χ3v) is 6.73. The van der Waals surface area contributed by atoms with E-state index >= 15 is 0 Å². The standard InChI is InChI=1S/C20H11FN4OS3/c21-13-4-6-16-18(9-13)29-20(24-16)25(23-10-14-2-1-7-27-14)19(26)12-3-5-15-17(8-12)28-11-22-15/h1-11H/b23-10+. The highest BCUT2D eigenvalue weighted by molar-refractivity contribution is 7.22. The van der Waals surface area contributed by atoms with Gasteiger partial charge >= 0.3 is 0 Å². The summed E-state index contributed by atoms with van der Waals surface area (Å²) in [6.45, 7) is 0. The summed E-state index contributed by atoms with van der Waals surface area (Å²) in [5, 5.41) is 8.00. The van der Waals surface area contributed by atoms with Gasteiger partial charge < -0.3 is 0 Å². The number of hydrogen-bond donors (Lipinski definition) is 0. The molecule has 29 heavy (non-hydrogen) atoms. The van der Waals surface area contributed by atoms with Gasteiger partial charge in [-0.2, -0.15) is 10.1 Å². The summed E-state index contributed by atoms with van der Waals surface area (Å²) in [5.41, 5.74) is 3.69. The van der Waals surface area contributed by atoms with Crippen molar-refractivity contribution in [1.82, 2.24) is 9.97 Å². The largest absolute Gasteiger partial charge is 0.280 e. The Hall–Kier alpha value is -3.01. The predicted molar refractivity (Wildman–Crippen MR) is 118 cm³/mol. The van der Waals surface area contributed by atoms with Gasteiger partial charge in [0.05, 0.1) is 32.2 Å². The molecule has 142 valence electrons. The first-order valence-electron chi connectivity index (χ1n) is 8.49. The van der Waals surface area contributed by atoms with E-state index in [-0.39, 0.29) is 11.7 Å². The Labute approximate surface area is 176 Å². The highest BCUT2D eigenvalue weighted by Gasteiger charge is 2.22. The SMILES string of the molecule is O=C(c1ccc2ncsc2c1)N(/N=C/c1cccs1)c1nc2ccc(F)cc2s1. The number of thiazole rings is 2. The van der Waals surface area contributed by atoms with E-state index in [0.29, 0.717) is 20.9 Å². The minimum absolute atomic E-state index is 0.312. The molecule has 0 radical (unpaired) electrons. The molecule has 0 fully saturated rings. The molecule has 0 saturated carbocycles. The van der Waals surface area contributed by atoms with Gasteiger partial charge in [-0.3, -0.25) is 4.79 Å². The number of carbonyl (C=O) groups is 1. The lowest BCUT2D eigenvalue weighted by Gasteiger charge is -2.13. The number of hydrazone groups is 1. The molecule has 0 unspecified atom stereocenters. The molecule has 0 saturated heterocycles. The Morgan fingerprint density at radius 3 is 2.83 bits per heavy atom. The van der Waals surface area contributed by atoms with Crippen molar-refractivity contribution in [3.05, 3.63) is 75.7 Å². The summed E-state index contributed by atoms with van der Waals surface area (Å²) in [6, 6.07) is 13.5. The van der Waals surface area contributed by atoms with Crippen LogP contribution in [0.3, 0.4) is 0 Å². The van der Waals surface area contributed by atoms with Crippen LogP contribution >= 0.6 is 34.0 Å². The molecule has 0 aliphatic carbocycles. The fraction of sp³-hybridized carbons (Fsp3) is 0. The zero-order valence-electron chi connectivity index (χ0n) is 14.7. The number of nitrogens with zero attached hydrogens (tertiary/aromatic N) is 4. The first-order chi connectivity index (χ1) is 14.2. The molecule has 3 heterocycles. The van der Waals surface area contributed by atoms with Crippen LogP contribution in [0.1, 0.15) is 15.2 Å². The average Bonchev–Trinajstić information content (AvgIpc) is 3.47. The van der Waals surface area contributed by atoms with E-state index in [1.165, 1.54) is 51.2 Å². The van der Waals surface area contributed by atoms with E-state index in [9.17, 15) is 9.18 Å². The summed E-state index contributed by atoms with van der Waals surface area (Å²) in [7, 11) is 0. The highest BCUT2D eigenvalue weighted by Crippen LogP contribution is 2.31. The summed E-state index contributed by atoms with van der Waals surface area (Å²) in [5.74, 6) is -0.657. The van der Waals surface area contributed by atoms with Crippen molar-refractivity contribution in [3.8, 4) is 0 Å². The molecule has 0 bridgehead atoms. The molecule has 0 atom stereocenters. The van der Waals surface area contributed by atoms with Crippen molar-refractivity contribution in [3.63, 3.8) is 0 Å². The van der Waals surface area contributed by atoms with Gasteiger partial charge in [-0.1, -0.05) is 17.4 Å². The number of benzene rings is 2. The number of fused-ring (bicyclic) bond motifs is 2. The molecule has 5 rings (SSSR count). The maximum absolute atomic E-state index is 13.6. The van der Waals surface area contributed by atoms with Gasteiger partial charge in [0.25, 0.3) is 5.91 Å². The lowest BCUT2D eigenvalue weighted by atomic mass is 10.2. The smallest absolute Gasteiger partial charge is 0.267 e. The van der Waals surface area contributed by atoms with E-state index in [0.717, 1.165) is 15.1 Å². The van der Waals surface area contributed by atoms with Crippen LogP contribution in [-0.4, -0.2) is 22.1 Å². The number of anilines is 1. The van der Waals surface area contributed by atoms with Crippen LogP contribution in [0.25, 0.3) is 20.4 Å². The molecule has 2 aromatic carbocycles. The number of aromatic nitrogens is 2. The molecule has 0 aliphatic rings. The van der Waals surface area contributed by atoms with Crippen LogP contribution in [0, 0.1) is 5.82 Å². The number of hydrogen-bond acceptors (Lipinski definition) is 7. The lowest BCUT2D eigenvalue weighted by Crippen LogP contribution is -2.25. The number of rotatable bonds is 4. The van der Waals surface area contributed by atoms with Crippen molar-refractivity contribution in [1.29, 1.82) is 0 Å². The molecular weight excluding hydrogens is 427 g/mol. The number of thiophene rings is 1. The van der Waals surface area contributed by atoms with Crippen LogP contribution in [0.5, 0.6) is 0 Å². The quantitative estimate of drug-likeness (QED) is 0.264. The Balaban J connectivity index is 1.59. The second kappa shape index (κ2) is 7.43. The average molecular weight is 439 g/mol. The van der Waals surface area contributed by atoms with Gasteiger partial charge in [0.15, 0.2) is 0 Å². The van der Waals surface area contributed by atoms with Crippen LogP contribution < -0.4 is 5.01 Å². The van der Waals surface area contributed by atoms with E-state index in [1.807, 2.05) is 23.6 Å². The Morgan fingerprint density at radius 1 is 1.07 bits per heavy atom. The summed E-state index contributed by atoms with van der Waals surface area (Å²) >= 11 is 4.21. The Kier molecular flexibility index (Phi) is 4.62. The second-order valence-corrected chi connectivity index (χ2v) is 8.90. The fourth-order valence-electron chi connectivity index (χ4n) is 2.76. The zero-order valence-corrected chi connectivity index (χ0v) is 17.1. The van der Waals surface area contributed by atoms with Gasteiger partial charge in [-0.05, 0) is 47.8 Å². The van der Waals surface area contributed by atoms with E-state index < -0.39 is 0 Å². The van der Waals surface area contributed by atoms with Crippen molar-refractivity contribution in [2.24, 2.45) is 5.10 Å². The summed E-state index contributed by atoms with van der Waals surface area (Å²) < 4.78 is 15.2. The van der Waals surface area contributed by atoms with Crippen molar-refractivity contribution in [2.45, 2.75) is 0 Å². The monoisotopic (exact) mass is 438 g/mol. The predicted octanol–water partition coefficient (Wildman–Crippen LogP) is 5.79. The Morgan fingerprint density at radius 2 is 1.97 bits per heavy atom. The topological polar surface area (TPSA) is 58.5 Å². The summed E-state index contributed by atoms with van der Waals surface area (Å²) in [6.07, 6.45) is 1.63. The second-order valence-electron chi connectivity index (χ2n) is 6.02. The molecule has 1 amide bonds. The van der Waals surface area contributed by atoms with Gasteiger partial charge in [0.2, 0.25) is 5.13 Å². The van der Waals surface area contributed by atoms with Gasteiger partial charge in [-0.15, -0.1) is 22.7 Å². The van der Waals surface area contributed by atoms with Crippen molar-refractivity contribution < 1.29 is 9.18 Å². The highest BCUT2D eigenvalue weighted by atomic mass is 32.1. The van der Waals surface area contributed by atoms with Crippen LogP contribution in [-0.2, 0) is 0 Å². The van der Waals surface area contributed by atoms with Gasteiger partial charge in [-0.25, -0.2) is 14.4 Å². The zero-order chi connectivity index (χ0) is 19.8. The molecule has 3 aromatic heterocycles. The van der Waals surface area contributed by atoms with Crippen LogP contribution in [0.15, 0.2) is 64.5 Å². The maximum Gasteiger partial charge on any atom is 0.280 e. The molecule has 9 heteroatoms. The van der Waals surface area contributed by atoms with E-state index in [4.69, 9.17) is 0 Å². The maximum atomic E-state index is 13.6. The van der Waals surface area contributed by atoms with Crippen LogP contribution in [0.4, 0.5) is 9.52 Å². The molecule has 0 spiro atoms. The summed E-state index contributed by atoms with van der Waals surface area (Å²) in [4.78, 5) is 23.0. The van der Waals surface area contributed by atoms with E-state index in [2.05, 4.69) is 15.1 Å². The van der Waals surface area contributed by atoms with Gasteiger partial charge in [0.1, 0.15) is 5.82 Å². The third kappa shape index (κ3) is 3.55. The van der Waals surface area contributed by atoms with Crippen molar-refractivity contribution in [2.75, 3.05) is 5.01 Å². The molecule has 5 aromatic rings. The molecule has 5 nitrogen and oxygen atoms in total. The molecular formula is C20H11FN4OS3.